The molecule has 0 fully saturated rings. The molecule has 0 saturated heterocycles. The summed E-state index contributed by atoms with van der Waals surface area (Å²) in [5, 5.41) is 0.236. The maximum absolute atomic E-state index is 13.4. The summed E-state index contributed by atoms with van der Waals surface area (Å²) < 4.78 is 13.6. The van der Waals surface area contributed by atoms with Gasteiger partial charge in [0.15, 0.2) is 0 Å². The van der Waals surface area contributed by atoms with E-state index in [9.17, 15) is 19.2 Å². The highest BCUT2D eigenvalue weighted by atomic mass is 32.1. The second kappa shape index (κ2) is 10.3. The summed E-state index contributed by atoms with van der Waals surface area (Å²) in [5.41, 5.74) is 0.0967. The minimum absolute atomic E-state index is 0.109. The Morgan fingerprint density at radius 2 is 1.76 bits per heavy atom. The highest BCUT2D eigenvalue weighted by Gasteiger charge is 2.26. The summed E-state index contributed by atoms with van der Waals surface area (Å²) in [7, 11) is 0. The molecule has 0 aliphatic rings. The summed E-state index contributed by atoms with van der Waals surface area (Å²) in [4.78, 5) is 51.6. The number of aryl methyl sites for hydroxylation is 1. The van der Waals surface area contributed by atoms with Gasteiger partial charge in [-0.15, -0.1) is 11.3 Å². The van der Waals surface area contributed by atoms with Crippen LogP contribution in [0.1, 0.15) is 54.6 Å². The number of ether oxygens (including phenoxy) is 2. The zero-order chi connectivity index (χ0) is 24.3. The maximum Gasteiger partial charge on any atom is 0.348 e. The number of ketones is 1. The van der Waals surface area contributed by atoms with Gasteiger partial charge < -0.3 is 9.47 Å². The van der Waals surface area contributed by atoms with Crippen molar-refractivity contribution in [1.29, 1.82) is 0 Å². The van der Waals surface area contributed by atoms with Crippen molar-refractivity contribution in [1.82, 2.24) is 9.13 Å². The van der Waals surface area contributed by atoms with Gasteiger partial charge in [0.25, 0.3) is 5.56 Å². The summed E-state index contributed by atoms with van der Waals surface area (Å²) in [6.07, 6.45) is -0.603. The first-order chi connectivity index (χ1) is 15.6. The first kappa shape index (κ1) is 24.6. The Bertz CT molecular complexity index is 1290. The van der Waals surface area contributed by atoms with E-state index in [1.54, 1.807) is 13.8 Å². The molecule has 2 aromatic heterocycles. The molecule has 0 aliphatic heterocycles. The van der Waals surface area contributed by atoms with Crippen molar-refractivity contribution in [3.05, 3.63) is 67.2 Å². The zero-order valence-corrected chi connectivity index (χ0v) is 20.2. The van der Waals surface area contributed by atoms with Crippen LogP contribution in [0.25, 0.3) is 10.2 Å². The maximum atomic E-state index is 13.4. The average molecular weight is 473 g/mol. The van der Waals surface area contributed by atoms with Crippen molar-refractivity contribution in [3.8, 4) is 0 Å². The van der Waals surface area contributed by atoms with Crippen LogP contribution in [0.5, 0.6) is 0 Å². The monoisotopic (exact) mass is 472 g/mol. The summed E-state index contributed by atoms with van der Waals surface area (Å²) in [5.74, 6) is -0.873. The van der Waals surface area contributed by atoms with Crippen molar-refractivity contribution in [2.75, 3.05) is 6.61 Å². The van der Waals surface area contributed by atoms with E-state index in [2.05, 4.69) is 0 Å². The lowest BCUT2D eigenvalue weighted by molar-refractivity contribution is -0.117. The smallest absolute Gasteiger partial charge is 0.348 e. The van der Waals surface area contributed by atoms with Gasteiger partial charge in [0.1, 0.15) is 21.6 Å². The molecular formula is C24H28N2O6S. The fraction of sp³-hybridized carbons (Fsp3) is 0.417. The van der Waals surface area contributed by atoms with Gasteiger partial charge in [0, 0.05) is 0 Å². The Hall–Kier alpha value is -3.04. The molecule has 0 N–H and O–H groups in total. The van der Waals surface area contributed by atoms with Crippen LogP contribution in [-0.4, -0.2) is 33.6 Å². The van der Waals surface area contributed by atoms with E-state index in [0.29, 0.717) is 10.4 Å². The Balaban J connectivity index is 2.29. The normalized spacial score (nSPS) is 12.3. The van der Waals surface area contributed by atoms with Gasteiger partial charge in [-0.1, -0.05) is 30.3 Å². The Morgan fingerprint density at radius 3 is 2.33 bits per heavy atom. The predicted octanol–water partition coefficient (Wildman–Crippen LogP) is 3.47. The van der Waals surface area contributed by atoms with E-state index in [0.717, 1.165) is 21.5 Å². The third kappa shape index (κ3) is 5.15. The van der Waals surface area contributed by atoms with E-state index in [1.165, 1.54) is 11.5 Å². The van der Waals surface area contributed by atoms with Gasteiger partial charge in [-0.2, -0.15) is 0 Å². The number of Topliss-reactive ketones (excluding diaryl/α,β-unsaturated/α-hetero) is 1. The van der Waals surface area contributed by atoms with Gasteiger partial charge in [0.05, 0.1) is 31.2 Å². The number of benzene rings is 1. The van der Waals surface area contributed by atoms with E-state index in [4.69, 9.17) is 9.47 Å². The lowest BCUT2D eigenvalue weighted by Gasteiger charge is -2.23. The van der Waals surface area contributed by atoms with Crippen LogP contribution in [0.2, 0.25) is 0 Å². The highest BCUT2D eigenvalue weighted by molar-refractivity contribution is 7.20. The van der Waals surface area contributed by atoms with Crippen LogP contribution < -0.4 is 11.2 Å². The van der Waals surface area contributed by atoms with E-state index in [-0.39, 0.29) is 41.8 Å². The van der Waals surface area contributed by atoms with Crippen LogP contribution in [-0.2, 0) is 27.4 Å². The lowest BCUT2D eigenvalue weighted by atomic mass is 10.1. The van der Waals surface area contributed by atoms with Gasteiger partial charge in [0.2, 0.25) is 0 Å². The molecule has 0 bridgehead atoms. The lowest BCUT2D eigenvalue weighted by Crippen LogP contribution is -2.42. The summed E-state index contributed by atoms with van der Waals surface area (Å²) in [6.45, 7) is 8.42. The van der Waals surface area contributed by atoms with Crippen molar-refractivity contribution in [3.63, 3.8) is 0 Å². The molecule has 1 atom stereocenters. The molecule has 0 aliphatic carbocycles. The largest absolute Gasteiger partial charge is 0.462 e. The number of aromatic nitrogens is 2. The van der Waals surface area contributed by atoms with E-state index < -0.39 is 23.3 Å². The predicted molar refractivity (Wildman–Crippen MR) is 127 cm³/mol. The summed E-state index contributed by atoms with van der Waals surface area (Å²) in [6, 6.07) is 9.47. The standard InChI is InChI=1S/C24H28N2O6S/c1-6-31-23(29)20-16(5)19-21(28)25(12-15(4)27)24(30)26(22(19)33-20)13-18(32-14(2)3)17-10-8-7-9-11-17/h7-11,14,18H,6,12-13H2,1-5H3/t18-/m0/s1. The first-order valence-electron chi connectivity index (χ1n) is 10.8. The topological polar surface area (TPSA) is 96.6 Å². The zero-order valence-electron chi connectivity index (χ0n) is 19.4. The number of fused-ring (bicyclic) bond motifs is 1. The molecule has 0 radical (unpaired) electrons. The Kier molecular flexibility index (Phi) is 7.65. The fourth-order valence-electron chi connectivity index (χ4n) is 3.70. The van der Waals surface area contributed by atoms with Gasteiger partial charge in [-0.25, -0.2) is 9.59 Å². The van der Waals surface area contributed by atoms with Gasteiger partial charge in [-0.3, -0.25) is 18.7 Å². The molecule has 9 heteroatoms. The number of carbonyl (C=O) groups excluding carboxylic acids is 2. The molecule has 176 valence electrons. The Morgan fingerprint density at radius 1 is 1.09 bits per heavy atom. The molecule has 0 saturated carbocycles. The number of esters is 1. The second-order valence-corrected chi connectivity index (χ2v) is 9.03. The van der Waals surface area contributed by atoms with Gasteiger partial charge >= 0.3 is 11.7 Å². The quantitative estimate of drug-likeness (QED) is 0.443. The van der Waals surface area contributed by atoms with Crippen molar-refractivity contribution >= 4 is 33.3 Å². The van der Waals surface area contributed by atoms with Crippen LogP contribution in [0, 0.1) is 6.92 Å². The van der Waals surface area contributed by atoms with Crippen molar-refractivity contribution < 1.29 is 19.1 Å². The number of nitrogens with zero attached hydrogens (tertiary/aromatic N) is 2. The minimum Gasteiger partial charge on any atom is -0.462 e. The molecule has 0 spiro atoms. The molecular weight excluding hydrogens is 444 g/mol. The number of carbonyl (C=O) groups is 2. The molecule has 1 aromatic carbocycles. The molecule has 0 unspecified atom stereocenters. The van der Waals surface area contributed by atoms with Gasteiger partial charge in [-0.05, 0) is 45.7 Å². The van der Waals surface area contributed by atoms with Crippen LogP contribution in [0.15, 0.2) is 39.9 Å². The van der Waals surface area contributed by atoms with Crippen molar-refractivity contribution in [2.45, 2.75) is 59.9 Å². The third-order valence-electron chi connectivity index (χ3n) is 5.09. The SMILES string of the molecule is CCOC(=O)c1sc2c(c1C)c(=O)n(CC(C)=O)c(=O)n2C[C@H](OC(C)C)c1ccccc1. The molecule has 3 aromatic rings. The van der Waals surface area contributed by atoms with Crippen LogP contribution in [0.3, 0.4) is 0 Å². The number of rotatable bonds is 9. The first-order valence-corrected chi connectivity index (χ1v) is 11.6. The molecule has 2 heterocycles. The van der Waals surface area contributed by atoms with E-state index >= 15 is 0 Å². The number of hydrogen-bond acceptors (Lipinski definition) is 7. The molecule has 8 nitrogen and oxygen atoms in total. The molecule has 0 amide bonds. The van der Waals surface area contributed by atoms with E-state index in [1.807, 2.05) is 44.2 Å². The van der Waals surface area contributed by atoms with Crippen molar-refractivity contribution in [2.24, 2.45) is 0 Å². The van der Waals surface area contributed by atoms with Crippen LogP contribution >= 0.6 is 11.3 Å². The third-order valence-corrected chi connectivity index (χ3v) is 6.39. The highest BCUT2D eigenvalue weighted by Crippen LogP contribution is 2.30. The average Bonchev–Trinajstić information content (AvgIpc) is 3.11. The Labute approximate surface area is 195 Å². The number of hydrogen-bond donors (Lipinski definition) is 0. The second-order valence-electron chi connectivity index (χ2n) is 8.03. The molecule has 33 heavy (non-hydrogen) atoms. The number of thiophene rings is 1. The molecule has 3 rings (SSSR count). The minimum atomic E-state index is -0.618. The van der Waals surface area contributed by atoms with Crippen LogP contribution in [0.4, 0.5) is 0 Å². The summed E-state index contributed by atoms with van der Waals surface area (Å²) >= 11 is 1.05. The fourth-order valence-corrected chi connectivity index (χ4v) is 4.89.